The highest BCUT2D eigenvalue weighted by molar-refractivity contribution is 5.84. The Kier molecular flexibility index (Phi) is 5.94. The quantitative estimate of drug-likeness (QED) is 0.809. The molecular weight excluding hydrogens is 280 g/mol. The third-order valence-electron chi connectivity index (χ3n) is 4.47. The molecule has 2 rings (SSSR count). The number of nitrogens with zero attached hydrogens (tertiary/aromatic N) is 3. The van der Waals surface area contributed by atoms with Gasteiger partial charge in [-0.15, -0.1) is 5.10 Å². The van der Waals surface area contributed by atoms with Gasteiger partial charge < -0.3 is 10.4 Å². The fraction of sp³-hybridized carbons (Fsp3) is 0.812. The average molecular weight is 308 g/mol. The first-order valence-electron chi connectivity index (χ1n) is 8.38. The Hall–Kier alpha value is -1.43. The Bertz CT molecular complexity index is 486. The minimum atomic E-state index is -1.02. The summed E-state index contributed by atoms with van der Waals surface area (Å²) >= 11 is 0. The molecule has 6 nitrogen and oxygen atoms in total. The molecule has 1 aliphatic carbocycles. The van der Waals surface area contributed by atoms with Crippen LogP contribution in [0.3, 0.4) is 0 Å². The van der Waals surface area contributed by atoms with Crippen LogP contribution in [0.2, 0.25) is 0 Å². The smallest absolute Gasteiger partial charge is 0.358 e. The second kappa shape index (κ2) is 7.72. The summed E-state index contributed by atoms with van der Waals surface area (Å²) in [5, 5.41) is 20.5. The maximum absolute atomic E-state index is 11.0. The lowest BCUT2D eigenvalue weighted by atomic mass is 9.89. The maximum Gasteiger partial charge on any atom is 0.358 e. The molecule has 0 aliphatic heterocycles. The number of carboxylic acid groups (broad SMARTS) is 1. The number of carboxylic acids is 1. The second-order valence-electron chi connectivity index (χ2n) is 6.89. The van der Waals surface area contributed by atoms with Gasteiger partial charge in [-0.1, -0.05) is 31.9 Å². The van der Waals surface area contributed by atoms with Gasteiger partial charge in [0.05, 0.1) is 12.2 Å². The third kappa shape index (κ3) is 4.53. The van der Waals surface area contributed by atoms with Gasteiger partial charge >= 0.3 is 5.97 Å². The molecule has 0 saturated heterocycles. The van der Waals surface area contributed by atoms with E-state index in [1.165, 1.54) is 19.3 Å². The standard InChI is InChI=1S/C16H28N4O2/c1-11(2)8-9-12(3)17-13-6-4-5-7-15(13)20-10-14(16(21)22)18-19-20/h10-13,15,17H,4-9H2,1-3H3,(H,21,22)/t12?,13-,15+/m1/s1. The molecule has 124 valence electrons. The number of nitrogens with one attached hydrogen (secondary N) is 1. The van der Waals surface area contributed by atoms with E-state index in [-0.39, 0.29) is 11.7 Å². The monoisotopic (exact) mass is 308 g/mol. The second-order valence-corrected chi connectivity index (χ2v) is 6.89. The molecule has 1 saturated carbocycles. The van der Waals surface area contributed by atoms with Crippen LogP contribution < -0.4 is 5.32 Å². The van der Waals surface area contributed by atoms with Crippen LogP contribution in [0, 0.1) is 5.92 Å². The van der Waals surface area contributed by atoms with E-state index in [2.05, 4.69) is 36.4 Å². The summed E-state index contributed by atoms with van der Waals surface area (Å²) in [6.45, 7) is 6.73. The van der Waals surface area contributed by atoms with Gasteiger partial charge in [0.1, 0.15) is 0 Å². The van der Waals surface area contributed by atoms with Crippen molar-refractivity contribution < 1.29 is 9.90 Å². The molecule has 0 aromatic carbocycles. The Morgan fingerprint density at radius 3 is 2.73 bits per heavy atom. The van der Waals surface area contributed by atoms with Crippen molar-refractivity contribution >= 4 is 5.97 Å². The molecule has 1 unspecified atom stereocenters. The van der Waals surface area contributed by atoms with E-state index >= 15 is 0 Å². The van der Waals surface area contributed by atoms with Gasteiger partial charge in [-0.05, 0) is 38.5 Å². The van der Waals surface area contributed by atoms with Crippen molar-refractivity contribution in [2.75, 3.05) is 0 Å². The highest BCUT2D eigenvalue weighted by Crippen LogP contribution is 2.29. The van der Waals surface area contributed by atoms with Crippen LogP contribution in [-0.2, 0) is 0 Å². The van der Waals surface area contributed by atoms with E-state index < -0.39 is 5.97 Å². The summed E-state index contributed by atoms with van der Waals surface area (Å²) in [4.78, 5) is 11.0. The minimum Gasteiger partial charge on any atom is -0.476 e. The molecule has 0 spiro atoms. The zero-order valence-electron chi connectivity index (χ0n) is 13.8. The highest BCUT2D eigenvalue weighted by Gasteiger charge is 2.29. The number of aromatic nitrogens is 3. The van der Waals surface area contributed by atoms with Crippen LogP contribution in [0.5, 0.6) is 0 Å². The van der Waals surface area contributed by atoms with Gasteiger partial charge in [0, 0.05) is 12.1 Å². The summed E-state index contributed by atoms with van der Waals surface area (Å²) in [5.41, 5.74) is 0.0252. The molecular formula is C16H28N4O2. The first-order valence-corrected chi connectivity index (χ1v) is 8.38. The predicted octanol–water partition coefficient (Wildman–Crippen LogP) is 2.87. The first-order chi connectivity index (χ1) is 10.5. The molecule has 2 N–H and O–H groups in total. The first kappa shape index (κ1) is 16.9. The zero-order valence-corrected chi connectivity index (χ0v) is 13.8. The Morgan fingerprint density at radius 2 is 2.09 bits per heavy atom. The summed E-state index contributed by atoms with van der Waals surface area (Å²) in [6, 6.07) is 1.02. The van der Waals surface area contributed by atoms with Gasteiger partial charge in [-0.2, -0.15) is 0 Å². The fourth-order valence-corrected chi connectivity index (χ4v) is 3.19. The lowest BCUT2D eigenvalue weighted by Gasteiger charge is -2.34. The summed E-state index contributed by atoms with van der Waals surface area (Å²) in [7, 11) is 0. The van der Waals surface area contributed by atoms with Crippen molar-refractivity contribution in [1.29, 1.82) is 0 Å². The average Bonchev–Trinajstić information content (AvgIpc) is 2.95. The van der Waals surface area contributed by atoms with E-state index in [1.807, 2.05) is 0 Å². The van der Waals surface area contributed by atoms with E-state index in [9.17, 15) is 4.79 Å². The Labute approximate surface area is 132 Å². The number of hydrogen-bond donors (Lipinski definition) is 2. The lowest BCUT2D eigenvalue weighted by molar-refractivity contribution is 0.0690. The molecule has 3 atom stereocenters. The van der Waals surface area contributed by atoms with Gasteiger partial charge in [0.2, 0.25) is 0 Å². The predicted molar refractivity (Wildman–Crippen MR) is 84.9 cm³/mol. The third-order valence-corrected chi connectivity index (χ3v) is 4.47. The fourth-order valence-electron chi connectivity index (χ4n) is 3.19. The van der Waals surface area contributed by atoms with E-state index in [1.54, 1.807) is 10.9 Å². The van der Waals surface area contributed by atoms with Gasteiger partial charge in [0.15, 0.2) is 5.69 Å². The largest absolute Gasteiger partial charge is 0.476 e. The highest BCUT2D eigenvalue weighted by atomic mass is 16.4. The summed E-state index contributed by atoms with van der Waals surface area (Å²) in [5.74, 6) is -0.295. The Balaban J connectivity index is 1.99. The van der Waals surface area contributed by atoms with Crippen LogP contribution in [0.1, 0.15) is 75.8 Å². The number of aromatic carboxylic acids is 1. The van der Waals surface area contributed by atoms with E-state index in [0.717, 1.165) is 25.2 Å². The van der Waals surface area contributed by atoms with Gasteiger partial charge in [0.25, 0.3) is 0 Å². The van der Waals surface area contributed by atoms with Crippen LogP contribution in [0.15, 0.2) is 6.20 Å². The molecule has 1 fully saturated rings. The van der Waals surface area contributed by atoms with Crippen molar-refractivity contribution in [3.8, 4) is 0 Å². The molecule has 0 bridgehead atoms. The van der Waals surface area contributed by atoms with Crippen LogP contribution >= 0.6 is 0 Å². The SMILES string of the molecule is CC(C)CCC(C)N[C@@H]1CCCC[C@@H]1n1cc(C(=O)O)nn1. The van der Waals surface area contributed by atoms with Crippen LogP contribution in [-0.4, -0.2) is 38.2 Å². The van der Waals surface area contributed by atoms with Crippen LogP contribution in [0.25, 0.3) is 0 Å². The number of hydrogen-bond acceptors (Lipinski definition) is 4. The molecule has 0 amide bonds. The molecule has 1 aromatic heterocycles. The number of carbonyl (C=O) groups is 1. The molecule has 6 heteroatoms. The van der Waals surface area contributed by atoms with E-state index in [0.29, 0.717) is 12.1 Å². The molecule has 1 heterocycles. The zero-order chi connectivity index (χ0) is 16.1. The lowest BCUT2D eigenvalue weighted by Crippen LogP contribution is -2.44. The van der Waals surface area contributed by atoms with E-state index in [4.69, 9.17) is 5.11 Å². The molecule has 22 heavy (non-hydrogen) atoms. The van der Waals surface area contributed by atoms with Gasteiger partial charge in [-0.3, -0.25) is 0 Å². The molecule has 1 aliphatic rings. The summed E-state index contributed by atoms with van der Waals surface area (Å²) in [6.07, 6.45) is 8.45. The summed E-state index contributed by atoms with van der Waals surface area (Å²) < 4.78 is 1.75. The van der Waals surface area contributed by atoms with Crippen molar-refractivity contribution in [2.24, 2.45) is 5.92 Å². The normalized spacial score (nSPS) is 23.6. The Morgan fingerprint density at radius 1 is 1.36 bits per heavy atom. The van der Waals surface area contributed by atoms with Crippen molar-refractivity contribution in [3.05, 3.63) is 11.9 Å². The van der Waals surface area contributed by atoms with Crippen LogP contribution in [0.4, 0.5) is 0 Å². The number of rotatable bonds is 7. The molecule has 0 radical (unpaired) electrons. The molecule has 1 aromatic rings. The minimum absolute atomic E-state index is 0.0252. The van der Waals surface area contributed by atoms with Crippen molar-refractivity contribution in [2.45, 2.75) is 77.4 Å². The van der Waals surface area contributed by atoms with Gasteiger partial charge in [-0.25, -0.2) is 9.48 Å². The topological polar surface area (TPSA) is 80.0 Å². The van der Waals surface area contributed by atoms with Crippen molar-refractivity contribution in [1.82, 2.24) is 20.3 Å². The maximum atomic E-state index is 11.0. The van der Waals surface area contributed by atoms with Crippen molar-refractivity contribution in [3.63, 3.8) is 0 Å².